The Morgan fingerprint density at radius 3 is 2.67 bits per heavy atom. The van der Waals surface area contributed by atoms with Gasteiger partial charge in [0, 0.05) is 9.86 Å². The first-order chi connectivity index (χ1) is 11.6. The minimum Gasteiger partial charge on any atom is -0.618 e. The summed E-state index contributed by atoms with van der Waals surface area (Å²) in [4.78, 5) is 12.0. The van der Waals surface area contributed by atoms with Gasteiger partial charge in [0.1, 0.15) is 6.61 Å². The fourth-order valence-electron chi connectivity index (χ4n) is 2.42. The fraction of sp³-hybridized carbons (Fsp3) is 0.111. The summed E-state index contributed by atoms with van der Waals surface area (Å²) < 4.78 is 11.9. The summed E-state index contributed by atoms with van der Waals surface area (Å²) in [5, 5.41) is 13.6. The number of aromatic nitrogens is 1. The van der Waals surface area contributed by atoms with E-state index in [-0.39, 0.29) is 18.1 Å². The van der Waals surface area contributed by atoms with Crippen LogP contribution in [0.3, 0.4) is 0 Å². The number of halogens is 1. The van der Waals surface area contributed by atoms with Crippen molar-refractivity contribution in [2.45, 2.75) is 6.61 Å². The highest BCUT2D eigenvalue weighted by Gasteiger charge is 2.27. The summed E-state index contributed by atoms with van der Waals surface area (Å²) in [7, 11) is 1.23. The van der Waals surface area contributed by atoms with Gasteiger partial charge in [0.25, 0.3) is 0 Å². The third-order valence-electron chi connectivity index (χ3n) is 3.55. The van der Waals surface area contributed by atoms with Gasteiger partial charge in [0.2, 0.25) is 5.75 Å². The molecule has 1 heterocycles. The van der Waals surface area contributed by atoms with Gasteiger partial charge in [0.05, 0.1) is 12.5 Å². The molecule has 0 aliphatic carbocycles. The van der Waals surface area contributed by atoms with Crippen molar-refractivity contribution in [3.8, 4) is 5.75 Å². The molecule has 2 aromatic carbocycles. The average Bonchev–Trinajstić information content (AvgIpc) is 2.59. The van der Waals surface area contributed by atoms with E-state index in [4.69, 9.17) is 9.47 Å². The Hall–Kier alpha value is -2.60. The van der Waals surface area contributed by atoms with E-state index in [0.29, 0.717) is 15.5 Å². The third kappa shape index (κ3) is 3.19. The lowest BCUT2D eigenvalue weighted by Gasteiger charge is -2.13. The van der Waals surface area contributed by atoms with Crippen LogP contribution in [0.25, 0.3) is 10.8 Å². The molecule has 0 spiro atoms. The lowest BCUT2D eigenvalue weighted by atomic mass is 10.1. The number of methoxy groups -OCH3 is 1. The highest BCUT2D eigenvalue weighted by atomic mass is 79.9. The van der Waals surface area contributed by atoms with E-state index < -0.39 is 5.97 Å². The van der Waals surface area contributed by atoms with Gasteiger partial charge in [-0.2, -0.15) is 4.73 Å². The predicted molar refractivity (Wildman–Crippen MR) is 92.7 cm³/mol. The number of rotatable bonds is 4. The van der Waals surface area contributed by atoms with Gasteiger partial charge in [-0.15, -0.1) is 0 Å². The van der Waals surface area contributed by atoms with Crippen LogP contribution in [0.15, 0.2) is 59.2 Å². The smallest absolute Gasteiger partial charge is 0.408 e. The maximum Gasteiger partial charge on any atom is 0.408 e. The Balaban J connectivity index is 2.12. The molecule has 0 N–H and O–H groups in total. The maximum absolute atomic E-state index is 12.3. The van der Waals surface area contributed by atoms with Gasteiger partial charge in [0.15, 0.2) is 6.20 Å². The highest BCUT2D eigenvalue weighted by molar-refractivity contribution is 9.10. The molecule has 1 aromatic heterocycles. The first-order valence-corrected chi connectivity index (χ1v) is 8.00. The molecular weight excluding hydrogens is 374 g/mol. The number of fused-ring (bicyclic) bond motifs is 1. The fourth-order valence-corrected chi connectivity index (χ4v) is 2.80. The summed E-state index contributed by atoms with van der Waals surface area (Å²) in [6.07, 6.45) is 1.34. The summed E-state index contributed by atoms with van der Waals surface area (Å²) in [5.41, 5.74) is 0.767. The lowest BCUT2D eigenvalue weighted by Crippen LogP contribution is -2.35. The molecule has 0 aliphatic rings. The Morgan fingerprint density at radius 2 is 1.96 bits per heavy atom. The minimum absolute atomic E-state index is 0.164. The molecule has 0 radical (unpaired) electrons. The largest absolute Gasteiger partial charge is 0.618 e. The van der Waals surface area contributed by atoms with Crippen molar-refractivity contribution < 1.29 is 19.0 Å². The van der Waals surface area contributed by atoms with Crippen LogP contribution in [0.2, 0.25) is 0 Å². The number of ether oxygens (including phenoxy) is 2. The molecule has 0 amide bonds. The zero-order chi connectivity index (χ0) is 17.1. The summed E-state index contributed by atoms with van der Waals surface area (Å²) in [5.74, 6) is -0.524. The summed E-state index contributed by atoms with van der Waals surface area (Å²) >= 11 is 3.37. The SMILES string of the molecule is COC(=O)c1c(OCc2ccccc2)c2ccc(Br)cc2c[n+]1[O-]. The maximum atomic E-state index is 12.3. The Labute approximate surface area is 147 Å². The standard InChI is InChI=1S/C18H14BrNO4/c1-23-18(21)16-17(24-11-12-5-3-2-4-6-12)15-8-7-14(19)9-13(15)10-20(16)22/h2-10H,11H2,1H3. The molecule has 3 rings (SSSR count). The van der Waals surface area contributed by atoms with E-state index in [1.165, 1.54) is 13.3 Å². The lowest BCUT2D eigenvalue weighted by molar-refractivity contribution is -0.607. The molecule has 0 saturated carbocycles. The molecule has 0 atom stereocenters. The first-order valence-electron chi connectivity index (χ1n) is 7.20. The molecule has 122 valence electrons. The molecule has 0 saturated heterocycles. The molecule has 24 heavy (non-hydrogen) atoms. The number of pyridine rings is 1. The number of hydrogen-bond acceptors (Lipinski definition) is 4. The highest BCUT2D eigenvalue weighted by Crippen LogP contribution is 2.30. The van der Waals surface area contributed by atoms with Gasteiger partial charge >= 0.3 is 11.7 Å². The zero-order valence-electron chi connectivity index (χ0n) is 12.9. The monoisotopic (exact) mass is 387 g/mol. The van der Waals surface area contributed by atoms with E-state index in [2.05, 4.69) is 15.9 Å². The molecule has 0 fully saturated rings. The first kappa shape index (κ1) is 16.3. The van der Waals surface area contributed by atoms with E-state index in [1.54, 1.807) is 12.1 Å². The number of hydrogen-bond donors (Lipinski definition) is 0. The Morgan fingerprint density at radius 1 is 1.21 bits per heavy atom. The quantitative estimate of drug-likeness (QED) is 0.389. The van der Waals surface area contributed by atoms with Crippen molar-refractivity contribution in [2.24, 2.45) is 0 Å². The van der Waals surface area contributed by atoms with Crippen LogP contribution in [0.4, 0.5) is 0 Å². The van der Waals surface area contributed by atoms with Crippen molar-refractivity contribution in [3.63, 3.8) is 0 Å². The molecule has 5 nitrogen and oxygen atoms in total. The van der Waals surface area contributed by atoms with Crippen molar-refractivity contribution in [1.82, 2.24) is 0 Å². The van der Waals surface area contributed by atoms with Crippen molar-refractivity contribution in [3.05, 3.63) is 75.7 Å². The van der Waals surface area contributed by atoms with Crippen molar-refractivity contribution in [1.29, 1.82) is 0 Å². The number of esters is 1. The molecule has 6 heteroatoms. The van der Waals surface area contributed by atoms with E-state index in [9.17, 15) is 10.0 Å². The zero-order valence-corrected chi connectivity index (χ0v) is 14.4. The third-order valence-corrected chi connectivity index (χ3v) is 4.05. The average molecular weight is 388 g/mol. The van der Waals surface area contributed by atoms with Crippen LogP contribution >= 0.6 is 15.9 Å². The molecule has 0 bridgehead atoms. The molecular formula is C18H14BrNO4. The second-order valence-electron chi connectivity index (χ2n) is 5.13. The molecule has 0 unspecified atom stereocenters. The predicted octanol–water partition coefficient (Wildman–Crippen LogP) is 3.60. The van der Waals surface area contributed by atoms with Crippen LogP contribution in [-0.4, -0.2) is 13.1 Å². The van der Waals surface area contributed by atoms with Gasteiger partial charge in [-0.1, -0.05) is 46.3 Å². The van der Waals surface area contributed by atoms with E-state index in [1.807, 2.05) is 36.4 Å². The summed E-state index contributed by atoms with van der Waals surface area (Å²) in [6.45, 7) is 0.236. The Kier molecular flexibility index (Phi) is 4.66. The number of carbonyl (C=O) groups is 1. The van der Waals surface area contributed by atoms with Gasteiger partial charge in [-0.3, -0.25) is 0 Å². The van der Waals surface area contributed by atoms with Gasteiger partial charge < -0.3 is 14.7 Å². The van der Waals surface area contributed by atoms with Crippen molar-refractivity contribution >= 4 is 32.7 Å². The number of nitrogens with zero attached hydrogens (tertiary/aromatic N) is 1. The second kappa shape index (κ2) is 6.88. The minimum atomic E-state index is -0.738. The van der Waals surface area contributed by atoms with Crippen LogP contribution in [0.5, 0.6) is 5.75 Å². The Bertz CT molecular complexity index is 896. The van der Waals surface area contributed by atoms with E-state index in [0.717, 1.165) is 10.0 Å². The van der Waals surface area contributed by atoms with Crippen LogP contribution in [-0.2, 0) is 11.3 Å². The van der Waals surface area contributed by atoms with E-state index >= 15 is 0 Å². The van der Waals surface area contributed by atoms with Crippen LogP contribution in [0, 0.1) is 5.21 Å². The topological polar surface area (TPSA) is 62.5 Å². The molecule has 3 aromatic rings. The number of benzene rings is 2. The number of carbonyl (C=O) groups excluding carboxylic acids is 1. The van der Waals surface area contributed by atoms with Crippen molar-refractivity contribution in [2.75, 3.05) is 7.11 Å². The second-order valence-corrected chi connectivity index (χ2v) is 6.05. The van der Waals surface area contributed by atoms with Gasteiger partial charge in [-0.05, 0) is 23.8 Å². The van der Waals surface area contributed by atoms with Gasteiger partial charge in [-0.25, -0.2) is 4.79 Å². The van der Waals surface area contributed by atoms with Crippen LogP contribution < -0.4 is 9.47 Å². The normalized spacial score (nSPS) is 10.6. The molecule has 0 aliphatic heterocycles. The van der Waals surface area contributed by atoms with Crippen LogP contribution in [0.1, 0.15) is 16.1 Å². The summed E-state index contributed by atoms with van der Waals surface area (Å²) in [6, 6.07) is 14.9.